The third kappa shape index (κ3) is 2.12. The second-order valence-corrected chi connectivity index (χ2v) is 5.70. The molecule has 1 heterocycles. The Hall–Kier alpha value is -2.19. The Morgan fingerprint density at radius 2 is 1.86 bits per heavy atom. The van der Waals surface area contributed by atoms with Crippen LogP contribution in [0.2, 0.25) is 0 Å². The molecule has 1 aliphatic rings. The zero-order valence-electron chi connectivity index (χ0n) is 11.8. The van der Waals surface area contributed by atoms with Crippen molar-refractivity contribution in [2.45, 2.75) is 25.4 Å². The summed E-state index contributed by atoms with van der Waals surface area (Å²) in [5, 5.41) is 11.8. The van der Waals surface area contributed by atoms with E-state index in [0.717, 1.165) is 28.5 Å². The van der Waals surface area contributed by atoms with Crippen LogP contribution in [0.3, 0.4) is 0 Å². The van der Waals surface area contributed by atoms with Crippen LogP contribution in [0.15, 0.2) is 54.7 Å². The molecule has 2 nitrogen and oxygen atoms in total. The molecule has 0 bridgehead atoms. The van der Waals surface area contributed by atoms with Gasteiger partial charge in [0.25, 0.3) is 0 Å². The van der Waals surface area contributed by atoms with Crippen molar-refractivity contribution in [1.29, 1.82) is 0 Å². The van der Waals surface area contributed by atoms with E-state index in [2.05, 4.69) is 23.2 Å². The number of pyridine rings is 1. The fourth-order valence-corrected chi connectivity index (χ4v) is 3.31. The van der Waals surface area contributed by atoms with Crippen LogP contribution in [-0.4, -0.2) is 10.1 Å². The summed E-state index contributed by atoms with van der Waals surface area (Å²) in [7, 11) is 0. The molecule has 0 spiro atoms. The van der Waals surface area contributed by atoms with Gasteiger partial charge in [0.1, 0.15) is 6.10 Å². The summed E-state index contributed by atoms with van der Waals surface area (Å²) < 4.78 is 0. The van der Waals surface area contributed by atoms with Gasteiger partial charge in [-0.15, -0.1) is 0 Å². The lowest BCUT2D eigenvalue weighted by Crippen LogP contribution is -2.02. The smallest absolute Gasteiger partial charge is 0.105 e. The van der Waals surface area contributed by atoms with Gasteiger partial charge in [-0.3, -0.25) is 4.98 Å². The molecule has 0 aliphatic heterocycles. The molecule has 1 aliphatic carbocycles. The Kier molecular flexibility index (Phi) is 2.97. The van der Waals surface area contributed by atoms with E-state index in [0.29, 0.717) is 0 Å². The first kappa shape index (κ1) is 12.5. The summed E-state index contributed by atoms with van der Waals surface area (Å²) in [5.41, 5.74) is 5.66. The number of hydrogen-bond acceptors (Lipinski definition) is 2. The average Bonchev–Trinajstić information content (AvgIpc) is 3.01. The summed E-state index contributed by atoms with van der Waals surface area (Å²) in [6.45, 7) is 0. The maximum absolute atomic E-state index is 10.8. The van der Waals surface area contributed by atoms with Crippen LogP contribution >= 0.6 is 0 Å². The summed E-state index contributed by atoms with van der Waals surface area (Å²) in [6, 6.07) is 16.3. The minimum absolute atomic E-state index is 0.594. The van der Waals surface area contributed by atoms with E-state index >= 15 is 0 Å². The highest BCUT2D eigenvalue weighted by Crippen LogP contribution is 2.31. The molecule has 2 heteroatoms. The average molecular weight is 275 g/mol. The molecule has 1 aromatic heterocycles. The lowest BCUT2D eigenvalue weighted by atomic mass is 9.95. The van der Waals surface area contributed by atoms with Crippen LogP contribution < -0.4 is 0 Å². The monoisotopic (exact) mass is 275 g/mol. The zero-order chi connectivity index (χ0) is 14.2. The van der Waals surface area contributed by atoms with Gasteiger partial charge in [-0.25, -0.2) is 0 Å². The maximum Gasteiger partial charge on any atom is 0.105 e. The van der Waals surface area contributed by atoms with Crippen molar-refractivity contribution in [2.24, 2.45) is 0 Å². The number of aliphatic hydroxyl groups excluding tert-OH is 1. The zero-order valence-corrected chi connectivity index (χ0v) is 11.8. The summed E-state index contributed by atoms with van der Waals surface area (Å²) in [4.78, 5) is 4.36. The highest BCUT2D eigenvalue weighted by atomic mass is 16.3. The number of fused-ring (bicyclic) bond motifs is 2. The van der Waals surface area contributed by atoms with E-state index in [9.17, 15) is 5.11 Å². The van der Waals surface area contributed by atoms with Gasteiger partial charge in [-0.2, -0.15) is 0 Å². The van der Waals surface area contributed by atoms with Crippen molar-refractivity contribution < 1.29 is 5.11 Å². The second-order valence-electron chi connectivity index (χ2n) is 5.70. The standard InChI is InChI=1S/C19H17NO/c21-19(15-10-9-13-4-1-5-14(13)12-15)17-6-2-8-18-16(17)7-3-11-20-18/h2-3,6-12,19,21H,1,4-5H2. The van der Waals surface area contributed by atoms with Crippen molar-refractivity contribution in [2.75, 3.05) is 0 Å². The normalized spacial score (nSPS) is 15.1. The van der Waals surface area contributed by atoms with Gasteiger partial charge in [-0.1, -0.05) is 36.4 Å². The first-order chi connectivity index (χ1) is 10.3. The molecule has 0 fully saturated rings. The Morgan fingerprint density at radius 1 is 0.952 bits per heavy atom. The lowest BCUT2D eigenvalue weighted by Gasteiger charge is -2.15. The van der Waals surface area contributed by atoms with E-state index in [1.54, 1.807) is 6.20 Å². The van der Waals surface area contributed by atoms with Gasteiger partial charge in [0.2, 0.25) is 0 Å². The molecule has 104 valence electrons. The van der Waals surface area contributed by atoms with Crippen LogP contribution in [0.25, 0.3) is 10.9 Å². The topological polar surface area (TPSA) is 33.1 Å². The van der Waals surface area contributed by atoms with Gasteiger partial charge in [-0.05, 0) is 53.6 Å². The third-order valence-corrected chi connectivity index (χ3v) is 4.41. The minimum atomic E-state index is -0.594. The number of hydrogen-bond donors (Lipinski definition) is 1. The molecular weight excluding hydrogens is 258 g/mol. The van der Waals surface area contributed by atoms with Gasteiger partial charge in [0, 0.05) is 11.6 Å². The molecule has 1 N–H and O–H groups in total. The SMILES string of the molecule is OC(c1ccc2c(c1)CCC2)c1cccc2ncccc12. The Morgan fingerprint density at radius 3 is 2.81 bits per heavy atom. The number of benzene rings is 2. The van der Waals surface area contributed by atoms with Crippen LogP contribution in [0.4, 0.5) is 0 Å². The molecule has 3 aromatic rings. The van der Waals surface area contributed by atoms with E-state index in [4.69, 9.17) is 0 Å². The van der Waals surface area contributed by atoms with Crippen LogP contribution in [0.1, 0.15) is 34.8 Å². The van der Waals surface area contributed by atoms with E-state index in [1.807, 2.05) is 30.3 Å². The van der Waals surface area contributed by atoms with Gasteiger partial charge < -0.3 is 5.11 Å². The van der Waals surface area contributed by atoms with Gasteiger partial charge >= 0.3 is 0 Å². The fraction of sp³-hybridized carbons (Fsp3) is 0.211. The molecule has 4 rings (SSSR count). The van der Waals surface area contributed by atoms with Crippen molar-refractivity contribution in [1.82, 2.24) is 4.98 Å². The van der Waals surface area contributed by atoms with Crippen molar-refractivity contribution in [3.63, 3.8) is 0 Å². The van der Waals surface area contributed by atoms with Crippen molar-refractivity contribution >= 4 is 10.9 Å². The number of aryl methyl sites for hydroxylation is 2. The lowest BCUT2D eigenvalue weighted by molar-refractivity contribution is 0.222. The Bertz CT molecular complexity index is 804. The molecule has 2 aromatic carbocycles. The van der Waals surface area contributed by atoms with Crippen LogP contribution in [0, 0.1) is 0 Å². The molecule has 0 saturated carbocycles. The molecule has 1 atom stereocenters. The molecule has 1 unspecified atom stereocenters. The molecular formula is C19H17NO. The second kappa shape index (κ2) is 4.97. The quantitative estimate of drug-likeness (QED) is 0.771. The van der Waals surface area contributed by atoms with E-state index in [1.165, 1.54) is 24.0 Å². The highest BCUT2D eigenvalue weighted by Gasteiger charge is 2.17. The molecule has 0 saturated heterocycles. The van der Waals surface area contributed by atoms with E-state index in [-0.39, 0.29) is 0 Å². The molecule has 21 heavy (non-hydrogen) atoms. The predicted molar refractivity (Wildman–Crippen MR) is 84.3 cm³/mol. The number of aromatic nitrogens is 1. The van der Waals surface area contributed by atoms with Crippen LogP contribution in [-0.2, 0) is 12.8 Å². The number of rotatable bonds is 2. The molecule has 0 radical (unpaired) electrons. The fourth-order valence-electron chi connectivity index (χ4n) is 3.31. The third-order valence-electron chi connectivity index (χ3n) is 4.41. The summed E-state index contributed by atoms with van der Waals surface area (Å²) >= 11 is 0. The van der Waals surface area contributed by atoms with Crippen molar-refractivity contribution in [3.8, 4) is 0 Å². The first-order valence-corrected chi connectivity index (χ1v) is 7.46. The van der Waals surface area contributed by atoms with Gasteiger partial charge in [0.05, 0.1) is 5.52 Å². The molecule has 0 amide bonds. The van der Waals surface area contributed by atoms with Crippen molar-refractivity contribution in [3.05, 3.63) is 77.0 Å². The largest absolute Gasteiger partial charge is 0.384 e. The number of nitrogens with zero attached hydrogens (tertiary/aromatic N) is 1. The highest BCUT2D eigenvalue weighted by molar-refractivity contribution is 5.82. The first-order valence-electron chi connectivity index (χ1n) is 7.46. The van der Waals surface area contributed by atoms with Gasteiger partial charge in [0.15, 0.2) is 0 Å². The van der Waals surface area contributed by atoms with Crippen LogP contribution in [0.5, 0.6) is 0 Å². The maximum atomic E-state index is 10.8. The minimum Gasteiger partial charge on any atom is -0.384 e. The van der Waals surface area contributed by atoms with E-state index < -0.39 is 6.10 Å². The summed E-state index contributed by atoms with van der Waals surface area (Å²) in [5.74, 6) is 0. The Labute approximate surface area is 124 Å². The predicted octanol–water partition coefficient (Wildman–Crippen LogP) is 3.81. The number of aliphatic hydroxyl groups is 1. The Balaban J connectivity index is 1.81. The summed E-state index contributed by atoms with van der Waals surface area (Å²) in [6.07, 6.45) is 4.72.